The average molecular weight is 375 g/mol. The standard InChI is InChI=1S/C20H29N3O4/c1-4-27-20(26)23-12-10-22(11-13-23)19(25)17-7-5-6-16(14-17)18(24)21-9-8-15(2)3/h5-7,14-15H,4,8-13H2,1-3H3,(H,21,24). The number of rotatable bonds is 6. The summed E-state index contributed by atoms with van der Waals surface area (Å²) >= 11 is 0. The predicted molar refractivity (Wildman–Crippen MR) is 103 cm³/mol. The maximum absolute atomic E-state index is 12.7. The molecule has 27 heavy (non-hydrogen) atoms. The van der Waals surface area contributed by atoms with Crippen LogP contribution in [-0.4, -0.2) is 67.0 Å². The molecule has 1 aliphatic rings. The van der Waals surface area contributed by atoms with Crippen molar-refractivity contribution in [1.82, 2.24) is 15.1 Å². The minimum absolute atomic E-state index is 0.129. The summed E-state index contributed by atoms with van der Waals surface area (Å²) in [5.41, 5.74) is 0.964. The lowest BCUT2D eigenvalue weighted by Gasteiger charge is -2.34. The second kappa shape index (κ2) is 9.94. The van der Waals surface area contributed by atoms with E-state index >= 15 is 0 Å². The molecule has 1 aromatic rings. The van der Waals surface area contributed by atoms with Crippen LogP contribution in [0, 0.1) is 5.92 Å². The van der Waals surface area contributed by atoms with Crippen LogP contribution in [-0.2, 0) is 4.74 Å². The molecular weight excluding hydrogens is 346 g/mol. The Kier molecular flexibility index (Phi) is 7.64. The van der Waals surface area contributed by atoms with E-state index in [9.17, 15) is 14.4 Å². The first-order valence-corrected chi connectivity index (χ1v) is 9.51. The molecule has 0 aliphatic carbocycles. The van der Waals surface area contributed by atoms with E-state index in [1.54, 1.807) is 41.0 Å². The predicted octanol–water partition coefficient (Wildman–Crippen LogP) is 2.38. The monoisotopic (exact) mass is 375 g/mol. The highest BCUT2D eigenvalue weighted by Gasteiger charge is 2.25. The van der Waals surface area contributed by atoms with Gasteiger partial charge in [-0.3, -0.25) is 9.59 Å². The molecule has 1 aromatic carbocycles. The Labute approximate surface area is 160 Å². The smallest absolute Gasteiger partial charge is 0.409 e. The number of benzene rings is 1. The maximum Gasteiger partial charge on any atom is 0.409 e. The quantitative estimate of drug-likeness (QED) is 0.828. The maximum atomic E-state index is 12.7. The number of hydrogen-bond donors (Lipinski definition) is 1. The lowest BCUT2D eigenvalue weighted by atomic mass is 10.1. The summed E-state index contributed by atoms with van der Waals surface area (Å²) in [6.45, 7) is 8.71. The number of hydrogen-bond acceptors (Lipinski definition) is 4. The molecule has 0 spiro atoms. The van der Waals surface area contributed by atoms with Crippen molar-refractivity contribution in [3.05, 3.63) is 35.4 Å². The molecule has 0 unspecified atom stereocenters. The van der Waals surface area contributed by atoms with Crippen LogP contribution in [0.25, 0.3) is 0 Å². The second-order valence-corrected chi connectivity index (χ2v) is 7.00. The van der Waals surface area contributed by atoms with Crippen molar-refractivity contribution in [2.24, 2.45) is 5.92 Å². The van der Waals surface area contributed by atoms with Crippen molar-refractivity contribution in [1.29, 1.82) is 0 Å². The zero-order valence-electron chi connectivity index (χ0n) is 16.4. The largest absolute Gasteiger partial charge is 0.450 e. The molecule has 0 atom stereocenters. The minimum atomic E-state index is -0.343. The van der Waals surface area contributed by atoms with Gasteiger partial charge < -0.3 is 19.9 Å². The third kappa shape index (κ3) is 5.98. The normalized spacial score (nSPS) is 14.2. The summed E-state index contributed by atoms with van der Waals surface area (Å²) in [6.07, 6.45) is 0.569. The van der Waals surface area contributed by atoms with Crippen LogP contribution in [0.5, 0.6) is 0 Å². The molecule has 0 radical (unpaired) electrons. The van der Waals surface area contributed by atoms with Gasteiger partial charge in [-0.2, -0.15) is 0 Å². The van der Waals surface area contributed by atoms with Crippen LogP contribution in [0.4, 0.5) is 4.79 Å². The number of ether oxygens (including phenoxy) is 1. The molecule has 1 heterocycles. The number of nitrogens with one attached hydrogen (secondary N) is 1. The van der Waals surface area contributed by atoms with E-state index in [-0.39, 0.29) is 17.9 Å². The topological polar surface area (TPSA) is 79.0 Å². The molecule has 1 saturated heterocycles. The van der Waals surface area contributed by atoms with E-state index in [4.69, 9.17) is 4.74 Å². The fraction of sp³-hybridized carbons (Fsp3) is 0.550. The van der Waals surface area contributed by atoms with Gasteiger partial charge in [-0.25, -0.2) is 4.79 Å². The van der Waals surface area contributed by atoms with Crippen LogP contribution >= 0.6 is 0 Å². The van der Waals surface area contributed by atoms with E-state index < -0.39 is 0 Å². The van der Waals surface area contributed by atoms with Crippen LogP contribution < -0.4 is 5.32 Å². The van der Waals surface area contributed by atoms with Crippen molar-refractivity contribution >= 4 is 17.9 Å². The lowest BCUT2D eigenvalue weighted by Crippen LogP contribution is -2.50. The summed E-state index contributed by atoms with van der Waals surface area (Å²) in [5.74, 6) is 0.222. The van der Waals surface area contributed by atoms with E-state index in [0.717, 1.165) is 6.42 Å². The van der Waals surface area contributed by atoms with E-state index in [0.29, 0.717) is 56.4 Å². The van der Waals surface area contributed by atoms with Crippen LogP contribution in [0.3, 0.4) is 0 Å². The summed E-state index contributed by atoms with van der Waals surface area (Å²) < 4.78 is 4.99. The van der Waals surface area contributed by atoms with Gasteiger partial charge in [0.05, 0.1) is 6.61 Å². The van der Waals surface area contributed by atoms with Gasteiger partial charge in [-0.05, 0) is 37.5 Å². The SMILES string of the molecule is CCOC(=O)N1CCN(C(=O)c2cccc(C(=O)NCCC(C)C)c2)CC1. The van der Waals surface area contributed by atoms with Crippen LogP contribution in [0.15, 0.2) is 24.3 Å². The highest BCUT2D eigenvalue weighted by atomic mass is 16.6. The summed E-state index contributed by atoms with van der Waals surface area (Å²) in [4.78, 5) is 40.1. The number of piperazine rings is 1. The van der Waals surface area contributed by atoms with Gasteiger partial charge in [-0.15, -0.1) is 0 Å². The van der Waals surface area contributed by atoms with E-state index in [2.05, 4.69) is 19.2 Å². The van der Waals surface area contributed by atoms with Gasteiger partial charge in [0.2, 0.25) is 0 Å². The zero-order valence-corrected chi connectivity index (χ0v) is 16.4. The molecule has 148 valence electrons. The molecule has 0 aromatic heterocycles. The summed E-state index contributed by atoms with van der Waals surface area (Å²) in [6, 6.07) is 6.77. The van der Waals surface area contributed by atoms with Crippen LogP contribution in [0.1, 0.15) is 47.9 Å². The molecule has 7 nitrogen and oxygen atoms in total. The number of nitrogens with zero attached hydrogens (tertiary/aromatic N) is 2. The lowest BCUT2D eigenvalue weighted by molar-refractivity contribution is 0.0570. The highest BCUT2D eigenvalue weighted by Crippen LogP contribution is 2.12. The Morgan fingerprint density at radius 2 is 1.70 bits per heavy atom. The van der Waals surface area contributed by atoms with Gasteiger partial charge in [0.1, 0.15) is 0 Å². The van der Waals surface area contributed by atoms with Gasteiger partial charge >= 0.3 is 6.09 Å². The third-order valence-corrected chi connectivity index (χ3v) is 4.47. The zero-order chi connectivity index (χ0) is 19.8. The Morgan fingerprint density at radius 1 is 1.07 bits per heavy atom. The van der Waals surface area contributed by atoms with Crippen molar-refractivity contribution < 1.29 is 19.1 Å². The fourth-order valence-corrected chi connectivity index (χ4v) is 2.86. The molecule has 1 fully saturated rings. The van der Waals surface area contributed by atoms with Gasteiger partial charge in [0.15, 0.2) is 0 Å². The molecule has 1 aliphatic heterocycles. The van der Waals surface area contributed by atoms with Crippen molar-refractivity contribution in [3.8, 4) is 0 Å². The summed E-state index contributed by atoms with van der Waals surface area (Å²) in [7, 11) is 0. The average Bonchev–Trinajstić information content (AvgIpc) is 2.67. The number of carbonyl (C=O) groups excluding carboxylic acids is 3. The van der Waals surface area contributed by atoms with E-state index in [1.165, 1.54) is 0 Å². The van der Waals surface area contributed by atoms with Gasteiger partial charge in [0.25, 0.3) is 11.8 Å². The molecule has 0 bridgehead atoms. The molecular formula is C20H29N3O4. The molecule has 0 saturated carbocycles. The Morgan fingerprint density at radius 3 is 2.33 bits per heavy atom. The van der Waals surface area contributed by atoms with Crippen molar-refractivity contribution in [2.75, 3.05) is 39.3 Å². The number of carbonyl (C=O) groups is 3. The first kappa shape index (κ1) is 20.7. The first-order chi connectivity index (χ1) is 12.9. The Bertz CT molecular complexity index is 667. The van der Waals surface area contributed by atoms with Crippen LogP contribution in [0.2, 0.25) is 0 Å². The third-order valence-electron chi connectivity index (χ3n) is 4.47. The van der Waals surface area contributed by atoms with Crippen molar-refractivity contribution in [3.63, 3.8) is 0 Å². The second-order valence-electron chi connectivity index (χ2n) is 7.00. The highest BCUT2D eigenvalue weighted by molar-refractivity contribution is 5.99. The Balaban J connectivity index is 1.93. The van der Waals surface area contributed by atoms with E-state index in [1.807, 2.05) is 0 Å². The first-order valence-electron chi connectivity index (χ1n) is 9.51. The fourth-order valence-electron chi connectivity index (χ4n) is 2.86. The van der Waals surface area contributed by atoms with Crippen molar-refractivity contribution in [2.45, 2.75) is 27.2 Å². The van der Waals surface area contributed by atoms with Gasteiger partial charge in [-0.1, -0.05) is 19.9 Å². The molecule has 2 rings (SSSR count). The minimum Gasteiger partial charge on any atom is -0.450 e. The molecule has 3 amide bonds. The summed E-state index contributed by atoms with van der Waals surface area (Å²) in [5, 5.41) is 2.88. The van der Waals surface area contributed by atoms with Gasteiger partial charge in [0, 0.05) is 43.9 Å². The molecule has 1 N–H and O–H groups in total. The molecule has 7 heteroatoms. The Hall–Kier alpha value is -2.57. The number of amides is 3.